The molecule has 6 heteroatoms. The monoisotopic (exact) mass is 264 g/mol. The van der Waals surface area contributed by atoms with Gasteiger partial charge in [-0.15, -0.1) is 10.2 Å². The van der Waals surface area contributed by atoms with Crippen molar-refractivity contribution in [1.82, 2.24) is 19.7 Å². The zero-order valence-corrected chi connectivity index (χ0v) is 11.5. The lowest BCUT2D eigenvalue weighted by molar-refractivity contribution is 0.107. The minimum Gasteiger partial charge on any atom is -0.390 e. The molecular weight excluding hydrogens is 248 g/mol. The standard InChI is InChI=1S/C12H16N4OS/c1-12(2,17)8-18-11-15-14-10(16(11)3)9-5-4-6-13-7-9/h4-7,17H,8H2,1-3H3. The van der Waals surface area contributed by atoms with Gasteiger partial charge in [-0.3, -0.25) is 4.98 Å². The molecule has 18 heavy (non-hydrogen) atoms. The highest BCUT2D eigenvalue weighted by Crippen LogP contribution is 2.24. The van der Waals surface area contributed by atoms with Crippen molar-refractivity contribution in [2.75, 3.05) is 5.75 Å². The summed E-state index contributed by atoms with van der Waals surface area (Å²) in [6, 6.07) is 3.81. The minimum atomic E-state index is -0.717. The van der Waals surface area contributed by atoms with Crippen LogP contribution in [-0.4, -0.2) is 36.2 Å². The maximum Gasteiger partial charge on any atom is 0.191 e. The van der Waals surface area contributed by atoms with Crippen molar-refractivity contribution < 1.29 is 5.11 Å². The maximum absolute atomic E-state index is 9.71. The molecule has 2 aromatic heterocycles. The summed E-state index contributed by atoms with van der Waals surface area (Å²) in [7, 11) is 1.91. The van der Waals surface area contributed by atoms with Crippen LogP contribution in [0.4, 0.5) is 0 Å². The summed E-state index contributed by atoms with van der Waals surface area (Å²) >= 11 is 1.49. The SMILES string of the molecule is Cn1c(SCC(C)(C)O)nnc1-c1cccnc1. The summed E-state index contributed by atoms with van der Waals surface area (Å²) in [4.78, 5) is 4.07. The van der Waals surface area contributed by atoms with E-state index in [0.29, 0.717) is 5.75 Å². The topological polar surface area (TPSA) is 63.8 Å². The average molecular weight is 264 g/mol. The molecule has 0 fully saturated rings. The second-order valence-corrected chi connectivity index (χ2v) is 5.65. The molecule has 0 aliphatic heterocycles. The lowest BCUT2D eigenvalue weighted by Gasteiger charge is -2.15. The third-order valence-electron chi connectivity index (χ3n) is 2.31. The largest absolute Gasteiger partial charge is 0.390 e. The first-order valence-corrected chi connectivity index (χ1v) is 6.61. The Morgan fingerprint density at radius 2 is 2.17 bits per heavy atom. The molecule has 5 nitrogen and oxygen atoms in total. The number of thioether (sulfide) groups is 1. The molecule has 2 heterocycles. The fourth-order valence-corrected chi connectivity index (χ4v) is 2.29. The zero-order chi connectivity index (χ0) is 13.2. The summed E-state index contributed by atoms with van der Waals surface area (Å²) in [5.74, 6) is 1.35. The predicted molar refractivity (Wildman–Crippen MR) is 71.3 cm³/mol. The number of nitrogens with zero attached hydrogens (tertiary/aromatic N) is 4. The molecule has 0 atom stereocenters. The average Bonchev–Trinajstić information content (AvgIpc) is 2.68. The van der Waals surface area contributed by atoms with E-state index in [-0.39, 0.29) is 0 Å². The van der Waals surface area contributed by atoms with Gasteiger partial charge in [-0.2, -0.15) is 0 Å². The molecule has 0 bridgehead atoms. The molecule has 1 N–H and O–H groups in total. The van der Waals surface area contributed by atoms with E-state index in [1.807, 2.05) is 23.7 Å². The van der Waals surface area contributed by atoms with Crippen LogP contribution in [0.2, 0.25) is 0 Å². The second kappa shape index (κ2) is 5.07. The van der Waals surface area contributed by atoms with Crippen molar-refractivity contribution in [3.8, 4) is 11.4 Å². The molecule has 2 rings (SSSR count). The Labute approximate surface area is 110 Å². The maximum atomic E-state index is 9.71. The summed E-state index contributed by atoms with van der Waals surface area (Å²) in [6.45, 7) is 3.55. The molecule has 0 amide bonds. The van der Waals surface area contributed by atoms with Gasteiger partial charge in [0.1, 0.15) is 0 Å². The van der Waals surface area contributed by atoms with Crippen molar-refractivity contribution in [2.24, 2.45) is 7.05 Å². The Balaban J connectivity index is 2.19. The van der Waals surface area contributed by atoms with Crippen molar-refractivity contribution in [1.29, 1.82) is 0 Å². The molecule has 0 aliphatic carbocycles. The molecule has 0 aliphatic rings. The van der Waals surface area contributed by atoms with Gasteiger partial charge < -0.3 is 9.67 Å². The van der Waals surface area contributed by atoms with E-state index in [1.165, 1.54) is 11.8 Å². The van der Waals surface area contributed by atoms with E-state index in [0.717, 1.165) is 16.5 Å². The van der Waals surface area contributed by atoms with E-state index in [2.05, 4.69) is 15.2 Å². The highest BCUT2D eigenvalue weighted by molar-refractivity contribution is 7.99. The van der Waals surface area contributed by atoms with Crippen LogP contribution in [0.25, 0.3) is 11.4 Å². The molecule has 0 saturated carbocycles. The van der Waals surface area contributed by atoms with Crippen molar-refractivity contribution in [3.63, 3.8) is 0 Å². The number of aromatic nitrogens is 4. The van der Waals surface area contributed by atoms with Gasteiger partial charge in [0.15, 0.2) is 11.0 Å². The fraction of sp³-hybridized carbons (Fsp3) is 0.417. The van der Waals surface area contributed by atoms with Crippen LogP contribution in [0.1, 0.15) is 13.8 Å². The smallest absolute Gasteiger partial charge is 0.191 e. The van der Waals surface area contributed by atoms with Gasteiger partial charge in [0.05, 0.1) is 5.60 Å². The Morgan fingerprint density at radius 1 is 1.39 bits per heavy atom. The van der Waals surface area contributed by atoms with Gasteiger partial charge >= 0.3 is 0 Å². The van der Waals surface area contributed by atoms with Crippen LogP contribution in [0, 0.1) is 0 Å². The lowest BCUT2D eigenvalue weighted by Crippen LogP contribution is -2.22. The molecule has 0 spiro atoms. The first-order chi connectivity index (χ1) is 8.47. The normalized spacial score (nSPS) is 11.8. The van der Waals surface area contributed by atoms with Crippen LogP contribution in [-0.2, 0) is 7.05 Å². The Morgan fingerprint density at radius 3 is 2.78 bits per heavy atom. The van der Waals surface area contributed by atoms with Gasteiger partial charge in [0.2, 0.25) is 0 Å². The molecule has 0 unspecified atom stereocenters. The van der Waals surface area contributed by atoms with Crippen LogP contribution in [0.15, 0.2) is 29.7 Å². The van der Waals surface area contributed by atoms with Gasteiger partial charge in [-0.1, -0.05) is 11.8 Å². The highest BCUT2D eigenvalue weighted by atomic mass is 32.2. The third-order valence-corrected chi connectivity index (χ3v) is 3.77. The second-order valence-electron chi connectivity index (χ2n) is 4.71. The summed E-state index contributed by atoms with van der Waals surface area (Å²) in [5.41, 5.74) is 0.216. The molecule has 96 valence electrons. The van der Waals surface area contributed by atoms with Gasteiger partial charge in [0, 0.05) is 30.8 Å². The van der Waals surface area contributed by atoms with E-state index in [1.54, 1.807) is 26.2 Å². The van der Waals surface area contributed by atoms with Crippen molar-refractivity contribution in [2.45, 2.75) is 24.6 Å². The number of pyridine rings is 1. The molecule has 0 radical (unpaired) electrons. The summed E-state index contributed by atoms with van der Waals surface area (Å²) in [5, 5.41) is 18.8. The van der Waals surface area contributed by atoms with E-state index in [4.69, 9.17) is 0 Å². The van der Waals surface area contributed by atoms with Crippen LogP contribution < -0.4 is 0 Å². The highest BCUT2D eigenvalue weighted by Gasteiger charge is 2.17. The number of rotatable bonds is 4. The number of hydrogen-bond donors (Lipinski definition) is 1. The van der Waals surface area contributed by atoms with Crippen LogP contribution in [0.5, 0.6) is 0 Å². The third kappa shape index (κ3) is 3.08. The molecule has 2 aromatic rings. The van der Waals surface area contributed by atoms with Gasteiger partial charge in [0.25, 0.3) is 0 Å². The van der Waals surface area contributed by atoms with Crippen LogP contribution in [0.3, 0.4) is 0 Å². The fourth-order valence-electron chi connectivity index (χ4n) is 1.43. The first kappa shape index (κ1) is 13.0. The first-order valence-electron chi connectivity index (χ1n) is 5.62. The summed E-state index contributed by atoms with van der Waals surface area (Å²) in [6.07, 6.45) is 3.48. The lowest BCUT2D eigenvalue weighted by atomic mass is 10.2. The number of aliphatic hydroxyl groups is 1. The van der Waals surface area contributed by atoms with E-state index < -0.39 is 5.60 Å². The molecule has 0 saturated heterocycles. The van der Waals surface area contributed by atoms with Gasteiger partial charge in [-0.05, 0) is 26.0 Å². The van der Waals surface area contributed by atoms with E-state index in [9.17, 15) is 5.11 Å². The predicted octanol–water partition coefficient (Wildman–Crippen LogP) is 1.74. The Kier molecular flexibility index (Phi) is 3.68. The molecule has 0 aromatic carbocycles. The summed E-state index contributed by atoms with van der Waals surface area (Å²) < 4.78 is 1.91. The minimum absolute atomic E-state index is 0.575. The Hall–Kier alpha value is -1.40. The van der Waals surface area contributed by atoms with Crippen molar-refractivity contribution >= 4 is 11.8 Å². The Bertz CT molecular complexity index is 519. The molecular formula is C12H16N4OS. The quantitative estimate of drug-likeness (QED) is 0.852. The zero-order valence-electron chi connectivity index (χ0n) is 10.7. The van der Waals surface area contributed by atoms with Gasteiger partial charge in [-0.25, -0.2) is 0 Å². The van der Waals surface area contributed by atoms with Crippen LogP contribution >= 0.6 is 11.8 Å². The number of hydrogen-bond acceptors (Lipinski definition) is 5. The van der Waals surface area contributed by atoms with E-state index >= 15 is 0 Å². The van der Waals surface area contributed by atoms with Crippen molar-refractivity contribution in [3.05, 3.63) is 24.5 Å².